The molecule has 1 heterocycles. The van der Waals surface area contributed by atoms with E-state index in [1.807, 2.05) is 18.2 Å². The lowest BCUT2D eigenvalue weighted by Crippen LogP contribution is -2.38. The minimum atomic E-state index is -0.0901. The summed E-state index contributed by atoms with van der Waals surface area (Å²) >= 11 is 0. The van der Waals surface area contributed by atoms with Crippen LogP contribution in [0.25, 0.3) is 10.8 Å². The smallest absolute Gasteiger partial charge is 0.239 e. The summed E-state index contributed by atoms with van der Waals surface area (Å²) in [6.45, 7) is 1.43. The van der Waals surface area contributed by atoms with E-state index in [4.69, 9.17) is 4.74 Å². The fourth-order valence-electron chi connectivity index (χ4n) is 3.00. The highest BCUT2D eigenvalue weighted by Crippen LogP contribution is 2.22. The summed E-state index contributed by atoms with van der Waals surface area (Å²) in [5.41, 5.74) is 1.16. The second kappa shape index (κ2) is 7.34. The maximum Gasteiger partial charge on any atom is 0.239 e. The highest BCUT2D eigenvalue weighted by atomic mass is 16.5. The molecule has 3 rings (SSSR count). The molecule has 0 spiro atoms. The van der Waals surface area contributed by atoms with Crippen LogP contribution in [0.2, 0.25) is 0 Å². The van der Waals surface area contributed by atoms with E-state index in [0.717, 1.165) is 34.9 Å². The van der Waals surface area contributed by atoms with Crippen LogP contribution in [0, 0.1) is 0 Å². The van der Waals surface area contributed by atoms with Crippen LogP contribution < -0.4 is 10.1 Å². The van der Waals surface area contributed by atoms with Crippen molar-refractivity contribution in [3.05, 3.63) is 42.0 Å². The number of nitrogens with one attached hydrogen (secondary N) is 1. The Balaban J connectivity index is 1.53. The van der Waals surface area contributed by atoms with Gasteiger partial charge in [0.05, 0.1) is 13.7 Å². The van der Waals surface area contributed by atoms with Crippen LogP contribution in [0.5, 0.6) is 5.75 Å². The molecule has 0 unspecified atom stereocenters. The van der Waals surface area contributed by atoms with E-state index < -0.39 is 0 Å². The number of methoxy groups -OCH3 is 1. The van der Waals surface area contributed by atoms with Crippen molar-refractivity contribution >= 4 is 22.6 Å². The van der Waals surface area contributed by atoms with Gasteiger partial charge in [0.1, 0.15) is 5.75 Å². The number of carbonyl (C=O) groups excluding carboxylic acids is 2. The molecule has 2 aromatic rings. The number of benzene rings is 2. The van der Waals surface area contributed by atoms with Gasteiger partial charge in [-0.1, -0.05) is 24.3 Å². The molecule has 0 aliphatic carbocycles. The Morgan fingerprint density at radius 3 is 2.79 bits per heavy atom. The Morgan fingerprint density at radius 2 is 2.04 bits per heavy atom. The number of ether oxygens (including phenoxy) is 1. The molecular weight excluding hydrogens is 304 g/mol. The molecule has 0 bridgehead atoms. The molecule has 126 valence electrons. The number of nitrogens with zero attached hydrogens (tertiary/aromatic N) is 1. The maximum atomic E-state index is 11.9. The Kier molecular flexibility index (Phi) is 4.99. The summed E-state index contributed by atoms with van der Waals surface area (Å²) in [5, 5.41) is 5.18. The van der Waals surface area contributed by atoms with Crippen LogP contribution in [-0.4, -0.2) is 43.5 Å². The predicted molar refractivity (Wildman–Crippen MR) is 93.0 cm³/mol. The lowest BCUT2D eigenvalue weighted by Gasteiger charge is -2.15. The van der Waals surface area contributed by atoms with Crippen molar-refractivity contribution in [3.63, 3.8) is 0 Å². The summed E-state index contributed by atoms with van der Waals surface area (Å²) in [7, 11) is 1.66. The molecule has 0 atom stereocenters. The summed E-state index contributed by atoms with van der Waals surface area (Å²) in [4.78, 5) is 25.0. The highest BCUT2D eigenvalue weighted by Gasteiger charge is 2.21. The van der Waals surface area contributed by atoms with Crippen molar-refractivity contribution in [2.24, 2.45) is 0 Å². The number of likely N-dealkylation sites (tertiary alicyclic amines) is 1. The van der Waals surface area contributed by atoms with Gasteiger partial charge < -0.3 is 15.0 Å². The van der Waals surface area contributed by atoms with Crippen LogP contribution in [-0.2, 0) is 16.0 Å². The molecular formula is C19H22N2O3. The zero-order valence-corrected chi connectivity index (χ0v) is 13.9. The summed E-state index contributed by atoms with van der Waals surface area (Å²) in [6.07, 6.45) is 2.17. The second-order valence-electron chi connectivity index (χ2n) is 6.07. The first-order chi connectivity index (χ1) is 11.7. The van der Waals surface area contributed by atoms with E-state index in [0.29, 0.717) is 19.5 Å². The number of rotatable bonds is 6. The average molecular weight is 326 g/mol. The minimum absolute atomic E-state index is 0.0774. The maximum absolute atomic E-state index is 11.9. The Hall–Kier alpha value is -2.56. The molecule has 5 nitrogen and oxygen atoms in total. The van der Waals surface area contributed by atoms with Gasteiger partial charge in [-0.25, -0.2) is 0 Å². The third-order valence-electron chi connectivity index (χ3n) is 4.35. The Bertz CT molecular complexity index is 757. The first-order valence-electron chi connectivity index (χ1n) is 8.27. The second-order valence-corrected chi connectivity index (χ2v) is 6.07. The van der Waals surface area contributed by atoms with Gasteiger partial charge in [-0.15, -0.1) is 0 Å². The highest BCUT2D eigenvalue weighted by molar-refractivity contribution is 5.86. The number of hydrogen-bond acceptors (Lipinski definition) is 3. The summed E-state index contributed by atoms with van der Waals surface area (Å²) in [5.74, 6) is 0.824. The normalized spacial score (nSPS) is 14.2. The Labute approximate surface area is 141 Å². The Morgan fingerprint density at radius 1 is 1.21 bits per heavy atom. The molecule has 1 fully saturated rings. The average Bonchev–Trinajstić information content (AvgIpc) is 2.99. The zero-order valence-electron chi connectivity index (χ0n) is 13.9. The molecule has 1 aliphatic rings. The monoisotopic (exact) mass is 326 g/mol. The molecule has 2 amide bonds. The lowest BCUT2D eigenvalue weighted by atomic mass is 10.0. The van der Waals surface area contributed by atoms with Crippen molar-refractivity contribution in [1.29, 1.82) is 0 Å². The molecule has 2 aromatic carbocycles. The molecule has 5 heteroatoms. The van der Waals surface area contributed by atoms with E-state index in [1.165, 1.54) is 0 Å². The first-order valence-corrected chi connectivity index (χ1v) is 8.27. The van der Waals surface area contributed by atoms with Gasteiger partial charge in [0.15, 0.2) is 0 Å². The van der Waals surface area contributed by atoms with Crippen LogP contribution in [0.15, 0.2) is 36.4 Å². The number of amides is 2. The molecule has 0 radical (unpaired) electrons. The largest absolute Gasteiger partial charge is 0.497 e. The van der Waals surface area contributed by atoms with E-state index in [2.05, 4.69) is 23.5 Å². The fraction of sp³-hybridized carbons (Fsp3) is 0.368. The predicted octanol–water partition coefficient (Wildman–Crippen LogP) is 2.13. The summed E-state index contributed by atoms with van der Waals surface area (Å²) < 4.78 is 5.26. The van der Waals surface area contributed by atoms with Crippen molar-refractivity contribution in [2.75, 3.05) is 26.7 Å². The lowest BCUT2D eigenvalue weighted by molar-refractivity contribution is -0.133. The third-order valence-corrected chi connectivity index (χ3v) is 4.35. The SMILES string of the molecule is COc1ccc2ccc(CCNC(=O)CN3CCCC3=O)cc2c1. The van der Waals surface area contributed by atoms with Gasteiger partial charge in [-0.2, -0.15) is 0 Å². The van der Waals surface area contributed by atoms with Crippen molar-refractivity contribution in [2.45, 2.75) is 19.3 Å². The van der Waals surface area contributed by atoms with Crippen LogP contribution >= 0.6 is 0 Å². The van der Waals surface area contributed by atoms with Crippen molar-refractivity contribution in [1.82, 2.24) is 10.2 Å². The van der Waals surface area contributed by atoms with E-state index in [1.54, 1.807) is 12.0 Å². The van der Waals surface area contributed by atoms with Gasteiger partial charge in [-0.05, 0) is 41.3 Å². The molecule has 0 aromatic heterocycles. The minimum Gasteiger partial charge on any atom is -0.497 e. The van der Waals surface area contributed by atoms with Crippen molar-refractivity contribution < 1.29 is 14.3 Å². The first kappa shape index (κ1) is 16.3. The quantitative estimate of drug-likeness (QED) is 0.885. The van der Waals surface area contributed by atoms with Crippen LogP contribution in [0.3, 0.4) is 0 Å². The number of carbonyl (C=O) groups is 2. The third kappa shape index (κ3) is 3.85. The fourth-order valence-corrected chi connectivity index (χ4v) is 3.00. The molecule has 1 N–H and O–H groups in total. The number of hydrogen-bond donors (Lipinski definition) is 1. The molecule has 1 saturated heterocycles. The number of fused-ring (bicyclic) bond motifs is 1. The molecule has 1 aliphatic heterocycles. The van der Waals surface area contributed by atoms with Crippen molar-refractivity contribution in [3.8, 4) is 5.75 Å². The summed E-state index contributed by atoms with van der Waals surface area (Å²) in [6, 6.07) is 12.3. The van der Waals surface area contributed by atoms with Gasteiger partial charge in [0.2, 0.25) is 11.8 Å². The van der Waals surface area contributed by atoms with Gasteiger partial charge in [0, 0.05) is 19.5 Å². The van der Waals surface area contributed by atoms with Crippen LogP contribution in [0.1, 0.15) is 18.4 Å². The van der Waals surface area contributed by atoms with E-state index in [-0.39, 0.29) is 18.4 Å². The topological polar surface area (TPSA) is 58.6 Å². The van der Waals surface area contributed by atoms with E-state index >= 15 is 0 Å². The standard InChI is InChI=1S/C19H22N2O3/c1-24-17-7-6-15-5-4-14(11-16(15)12-17)8-9-20-18(22)13-21-10-2-3-19(21)23/h4-7,11-12H,2-3,8-10,13H2,1H3,(H,20,22). The van der Waals surface area contributed by atoms with Gasteiger partial charge >= 0.3 is 0 Å². The van der Waals surface area contributed by atoms with Gasteiger partial charge in [-0.3, -0.25) is 9.59 Å². The molecule has 24 heavy (non-hydrogen) atoms. The van der Waals surface area contributed by atoms with Crippen LogP contribution in [0.4, 0.5) is 0 Å². The van der Waals surface area contributed by atoms with Gasteiger partial charge in [0.25, 0.3) is 0 Å². The molecule has 0 saturated carbocycles. The zero-order chi connectivity index (χ0) is 16.9. The van der Waals surface area contributed by atoms with E-state index in [9.17, 15) is 9.59 Å².